The zero-order chi connectivity index (χ0) is 5.54. The summed E-state index contributed by atoms with van der Waals surface area (Å²) < 4.78 is 5.13. The van der Waals surface area contributed by atoms with Crippen LogP contribution >= 0.6 is 9.90 Å². The highest BCUT2D eigenvalue weighted by molar-refractivity contribution is 6.92. The first kappa shape index (κ1) is 11.2. The maximum Gasteiger partial charge on any atom is 0.0463 e. The zero-order valence-corrected chi connectivity index (χ0v) is 7.36. The summed E-state index contributed by atoms with van der Waals surface area (Å²) in [5.74, 6) is 0. The first-order valence-electron chi connectivity index (χ1n) is 2.99. The summed E-state index contributed by atoms with van der Waals surface area (Å²) in [6.07, 6.45) is 2.28. The summed E-state index contributed by atoms with van der Waals surface area (Å²) >= 11 is 0. The van der Waals surface area contributed by atoms with E-state index in [1.165, 1.54) is 0 Å². The molecule has 0 heterocycles. The lowest BCUT2D eigenvalue weighted by atomic mass is 10.5. The molecule has 0 radical (unpaired) electrons. The average molecular weight is 136 g/mol. The van der Waals surface area contributed by atoms with E-state index in [0.717, 1.165) is 26.1 Å². The number of ether oxygens (including phenoxy) is 1. The third-order valence-electron chi connectivity index (χ3n) is 0.697. The molecule has 0 aromatic carbocycles. The summed E-state index contributed by atoms with van der Waals surface area (Å²) in [6, 6.07) is 0. The van der Waals surface area contributed by atoms with Crippen LogP contribution in [0.3, 0.4) is 0 Å². The minimum atomic E-state index is 0. The van der Waals surface area contributed by atoms with Crippen molar-refractivity contribution in [3.63, 3.8) is 0 Å². The highest BCUT2D eigenvalue weighted by atomic mass is 31.0. The molecule has 0 saturated heterocycles. The Morgan fingerprint density at radius 3 is 1.62 bits per heavy atom. The molecular formula is C6H17OP. The van der Waals surface area contributed by atoms with E-state index in [4.69, 9.17) is 4.74 Å². The second kappa shape index (κ2) is 10.4. The predicted octanol–water partition coefficient (Wildman–Crippen LogP) is 1.88. The summed E-state index contributed by atoms with van der Waals surface area (Å²) in [6.45, 7) is 6.09. The van der Waals surface area contributed by atoms with E-state index in [0.29, 0.717) is 0 Å². The SMILES string of the molecule is CCCOCCC.P. The van der Waals surface area contributed by atoms with Gasteiger partial charge in [-0.05, 0) is 12.8 Å². The molecule has 1 unspecified atom stereocenters. The van der Waals surface area contributed by atoms with Gasteiger partial charge in [-0.2, -0.15) is 9.90 Å². The normalized spacial score (nSPS) is 8.25. The maximum atomic E-state index is 5.13. The fraction of sp³-hybridized carbons (Fsp3) is 1.00. The van der Waals surface area contributed by atoms with Crippen molar-refractivity contribution in [1.82, 2.24) is 0 Å². The van der Waals surface area contributed by atoms with Gasteiger partial charge in [0.15, 0.2) is 0 Å². The highest BCUT2D eigenvalue weighted by Gasteiger charge is 1.77. The number of hydrogen-bond donors (Lipinski definition) is 0. The van der Waals surface area contributed by atoms with Crippen LogP contribution in [-0.4, -0.2) is 13.2 Å². The van der Waals surface area contributed by atoms with Crippen LogP contribution in [0.5, 0.6) is 0 Å². The van der Waals surface area contributed by atoms with Crippen LogP contribution in [-0.2, 0) is 4.74 Å². The van der Waals surface area contributed by atoms with Gasteiger partial charge in [-0.3, -0.25) is 0 Å². The van der Waals surface area contributed by atoms with Gasteiger partial charge in [0, 0.05) is 13.2 Å². The Morgan fingerprint density at radius 2 is 1.38 bits per heavy atom. The van der Waals surface area contributed by atoms with Crippen molar-refractivity contribution in [3.8, 4) is 0 Å². The van der Waals surface area contributed by atoms with Crippen molar-refractivity contribution in [2.75, 3.05) is 13.2 Å². The lowest BCUT2D eigenvalue weighted by Crippen LogP contribution is -1.92. The molecule has 0 saturated carbocycles. The van der Waals surface area contributed by atoms with Crippen LogP contribution < -0.4 is 0 Å². The molecule has 0 spiro atoms. The summed E-state index contributed by atoms with van der Waals surface area (Å²) in [5, 5.41) is 0. The minimum absolute atomic E-state index is 0. The Labute approximate surface area is 55.4 Å². The molecule has 52 valence electrons. The molecule has 2 heteroatoms. The molecule has 0 rings (SSSR count). The molecule has 8 heavy (non-hydrogen) atoms. The summed E-state index contributed by atoms with van der Waals surface area (Å²) in [5.41, 5.74) is 0. The van der Waals surface area contributed by atoms with E-state index in [1.807, 2.05) is 0 Å². The second-order valence-corrected chi connectivity index (χ2v) is 1.61. The number of rotatable bonds is 4. The fourth-order valence-electron chi connectivity index (χ4n) is 0.391. The lowest BCUT2D eigenvalue weighted by molar-refractivity contribution is 0.135. The first-order chi connectivity index (χ1) is 3.41. The Bertz CT molecular complexity index is 27.7. The van der Waals surface area contributed by atoms with Gasteiger partial charge in [-0.25, -0.2) is 0 Å². The monoisotopic (exact) mass is 136 g/mol. The first-order valence-corrected chi connectivity index (χ1v) is 2.99. The van der Waals surface area contributed by atoms with Gasteiger partial charge in [0.2, 0.25) is 0 Å². The van der Waals surface area contributed by atoms with Crippen LogP contribution in [0.15, 0.2) is 0 Å². The van der Waals surface area contributed by atoms with Gasteiger partial charge in [0.05, 0.1) is 0 Å². The molecule has 1 nitrogen and oxygen atoms in total. The Kier molecular flexibility index (Phi) is 14.6. The molecule has 0 N–H and O–H groups in total. The Hall–Kier alpha value is 0.390. The molecule has 0 aromatic rings. The summed E-state index contributed by atoms with van der Waals surface area (Å²) in [4.78, 5) is 0. The van der Waals surface area contributed by atoms with E-state index in [-0.39, 0.29) is 9.90 Å². The second-order valence-electron chi connectivity index (χ2n) is 1.61. The van der Waals surface area contributed by atoms with Crippen LogP contribution in [0, 0.1) is 0 Å². The molecule has 0 bridgehead atoms. The van der Waals surface area contributed by atoms with E-state index in [2.05, 4.69) is 13.8 Å². The third-order valence-corrected chi connectivity index (χ3v) is 0.697. The van der Waals surface area contributed by atoms with E-state index in [9.17, 15) is 0 Å². The van der Waals surface area contributed by atoms with Crippen molar-refractivity contribution in [2.24, 2.45) is 0 Å². The lowest BCUT2D eigenvalue weighted by Gasteiger charge is -1.95. The van der Waals surface area contributed by atoms with Gasteiger partial charge in [-0.15, -0.1) is 0 Å². The van der Waals surface area contributed by atoms with Gasteiger partial charge in [0.25, 0.3) is 0 Å². The summed E-state index contributed by atoms with van der Waals surface area (Å²) in [7, 11) is 0. The van der Waals surface area contributed by atoms with Gasteiger partial charge in [0.1, 0.15) is 0 Å². The van der Waals surface area contributed by atoms with E-state index >= 15 is 0 Å². The molecule has 0 aliphatic carbocycles. The van der Waals surface area contributed by atoms with Crippen molar-refractivity contribution >= 4 is 9.90 Å². The molecule has 0 fully saturated rings. The standard InChI is InChI=1S/C6H14O.H3P/c1-3-5-7-6-4-2;/h3-6H2,1-2H3;1H3. The van der Waals surface area contributed by atoms with Gasteiger partial charge in [-0.1, -0.05) is 13.8 Å². The van der Waals surface area contributed by atoms with Crippen LogP contribution in [0.2, 0.25) is 0 Å². The minimum Gasteiger partial charge on any atom is -0.381 e. The Morgan fingerprint density at radius 1 is 1.00 bits per heavy atom. The van der Waals surface area contributed by atoms with Gasteiger partial charge >= 0.3 is 0 Å². The van der Waals surface area contributed by atoms with Crippen LogP contribution in [0.1, 0.15) is 26.7 Å². The van der Waals surface area contributed by atoms with Crippen LogP contribution in [0.4, 0.5) is 0 Å². The smallest absolute Gasteiger partial charge is 0.0463 e. The fourth-order valence-corrected chi connectivity index (χ4v) is 0.391. The average Bonchev–Trinajstić information content (AvgIpc) is 1.69. The highest BCUT2D eigenvalue weighted by Crippen LogP contribution is 1.81. The molecular weight excluding hydrogens is 119 g/mol. The quantitative estimate of drug-likeness (QED) is 0.423. The van der Waals surface area contributed by atoms with Crippen molar-refractivity contribution in [3.05, 3.63) is 0 Å². The van der Waals surface area contributed by atoms with Crippen molar-refractivity contribution < 1.29 is 4.74 Å². The number of hydrogen-bond acceptors (Lipinski definition) is 1. The molecule has 0 aliphatic heterocycles. The van der Waals surface area contributed by atoms with Crippen LogP contribution in [0.25, 0.3) is 0 Å². The molecule has 0 amide bonds. The predicted molar refractivity (Wildman–Crippen MR) is 42.5 cm³/mol. The molecule has 0 aliphatic rings. The third kappa shape index (κ3) is 9.63. The maximum absolute atomic E-state index is 5.13. The molecule has 0 aromatic heterocycles. The van der Waals surface area contributed by atoms with E-state index < -0.39 is 0 Å². The topological polar surface area (TPSA) is 9.23 Å². The van der Waals surface area contributed by atoms with Crippen molar-refractivity contribution in [1.29, 1.82) is 0 Å². The zero-order valence-electron chi connectivity index (χ0n) is 5.94. The van der Waals surface area contributed by atoms with Crippen molar-refractivity contribution in [2.45, 2.75) is 26.7 Å². The van der Waals surface area contributed by atoms with E-state index in [1.54, 1.807) is 0 Å². The Balaban J connectivity index is 0. The van der Waals surface area contributed by atoms with Gasteiger partial charge < -0.3 is 4.74 Å². The molecule has 1 atom stereocenters. The largest absolute Gasteiger partial charge is 0.381 e.